The fraction of sp³-hybridized carbons (Fsp3) is 0.429. The number of aromatic nitrogens is 5. The summed E-state index contributed by atoms with van der Waals surface area (Å²) in [5.74, 6) is 1.85. The second kappa shape index (κ2) is 3.21. The van der Waals surface area contributed by atoms with Crippen molar-refractivity contribution in [2.45, 2.75) is 19.8 Å². The quantitative estimate of drug-likeness (QED) is 0.787. The van der Waals surface area contributed by atoms with Gasteiger partial charge in [0.05, 0.1) is 0 Å². The molecule has 13 heavy (non-hydrogen) atoms. The lowest BCUT2D eigenvalue weighted by Gasteiger charge is -1.94. The van der Waals surface area contributed by atoms with Crippen LogP contribution in [0.1, 0.15) is 25.6 Å². The van der Waals surface area contributed by atoms with E-state index in [0.717, 1.165) is 11.5 Å². The molecule has 2 aromatic rings. The molecule has 0 bridgehead atoms. The molecule has 1 N–H and O–H groups in total. The molecule has 0 unspecified atom stereocenters. The second-order valence-electron chi connectivity index (χ2n) is 2.99. The number of aromatic amines is 1. The van der Waals surface area contributed by atoms with E-state index in [9.17, 15) is 0 Å². The van der Waals surface area contributed by atoms with Gasteiger partial charge in [-0.2, -0.15) is 5.10 Å². The minimum Gasteiger partial charge on any atom is -0.262 e. The molecule has 0 aliphatic carbocycles. The van der Waals surface area contributed by atoms with Crippen molar-refractivity contribution >= 4 is 11.5 Å². The van der Waals surface area contributed by atoms with Crippen LogP contribution in [0.25, 0.3) is 11.5 Å². The first kappa shape index (κ1) is 8.31. The van der Waals surface area contributed by atoms with Crippen LogP contribution in [0, 0.1) is 0 Å². The van der Waals surface area contributed by atoms with Crippen LogP contribution >= 0.6 is 11.5 Å². The fourth-order valence-corrected chi connectivity index (χ4v) is 1.34. The van der Waals surface area contributed by atoms with Gasteiger partial charge in [0.1, 0.15) is 11.5 Å². The number of rotatable bonds is 2. The average Bonchev–Trinajstić information content (AvgIpc) is 2.75. The zero-order chi connectivity index (χ0) is 9.26. The van der Waals surface area contributed by atoms with E-state index in [1.165, 1.54) is 11.5 Å². The molecule has 5 nitrogen and oxygen atoms in total. The molecular weight excluding hydrogens is 186 g/mol. The number of nitrogens with one attached hydrogen (secondary N) is 1. The summed E-state index contributed by atoms with van der Waals surface area (Å²) in [6.45, 7) is 4.12. The van der Waals surface area contributed by atoms with Crippen LogP contribution < -0.4 is 0 Å². The van der Waals surface area contributed by atoms with Gasteiger partial charge >= 0.3 is 0 Å². The van der Waals surface area contributed by atoms with Crippen molar-refractivity contribution < 1.29 is 0 Å². The first-order valence-electron chi connectivity index (χ1n) is 3.97. The van der Waals surface area contributed by atoms with Crippen molar-refractivity contribution in [2.75, 3.05) is 0 Å². The van der Waals surface area contributed by atoms with Crippen molar-refractivity contribution in [3.05, 3.63) is 11.2 Å². The van der Waals surface area contributed by atoms with Gasteiger partial charge in [0.2, 0.25) is 5.82 Å². The van der Waals surface area contributed by atoms with Gasteiger partial charge in [-0.25, -0.2) is 4.98 Å². The Morgan fingerprint density at radius 3 is 2.85 bits per heavy atom. The maximum atomic E-state index is 4.29. The van der Waals surface area contributed by atoms with Gasteiger partial charge in [0.25, 0.3) is 0 Å². The highest BCUT2D eigenvalue weighted by atomic mass is 32.1. The smallest absolute Gasteiger partial charge is 0.202 e. The third-order valence-electron chi connectivity index (χ3n) is 1.64. The lowest BCUT2D eigenvalue weighted by Crippen LogP contribution is -1.89. The summed E-state index contributed by atoms with van der Waals surface area (Å²) < 4.78 is 3.75. The molecule has 0 atom stereocenters. The van der Waals surface area contributed by atoms with Gasteiger partial charge in [-0.05, 0) is 11.5 Å². The Labute approximate surface area is 79.4 Å². The molecule has 0 spiro atoms. The normalized spacial score (nSPS) is 11.0. The molecule has 0 saturated carbocycles. The van der Waals surface area contributed by atoms with E-state index in [1.54, 1.807) is 0 Å². The zero-order valence-electron chi connectivity index (χ0n) is 7.35. The highest BCUT2D eigenvalue weighted by Crippen LogP contribution is 2.15. The van der Waals surface area contributed by atoms with E-state index < -0.39 is 0 Å². The van der Waals surface area contributed by atoms with Crippen LogP contribution in [0.2, 0.25) is 0 Å². The highest BCUT2D eigenvalue weighted by molar-refractivity contribution is 7.03. The predicted octanol–water partition coefficient (Wildman–Crippen LogP) is 1.45. The average molecular weight is 195 g/mol. The van der Waals surface area contributed by atoms with Gasteiger partial charge in [0, 0.05) is 11.3 Å². The van der Waals surface area contributed by atoms with E-state index in [2.05, 4.69) is 38.6 Å². The standard InChI is InChI=1S/C7H9N5S/c1-4(2)6-8-7(11-10-6)5-3-13-12-9-5/h3-4H,1-2H3,(H,8,10,11). The summed E-state index contributed by atoms with van der Waals surface area (Å²) in [6, 6.07) is 0. The van der Waals surface area contributed by atoms with Crippen molar-refractivity contribution in [3.8, 4) is 11.5 Å². The molecule has 2 aromatic heterocycles. The Morgan fingerprint density at radius 1 is 1.46 bits per heavy atom. The van der Waals surface area contributed by atoms with Crippen molar-refractivity contribution in [1.82, 2.24) is 24.8 Å². The molecule has 0 radical (unpaired) electrons. The molecule has 0 fully saturated rings. The van der Waals surface area contributed by atoms with E-state index >= 15 is 0 Å². The van der Waals surface area contributed by atoms with Gasteiger partial charge in [0.15, 0.2) is 0 Å². The molecule has 0 amide bonds. The number of nitrogens with zero attached hydrogens (tertiary/aromatic N) is 4. The zero-order valence-corrected chi connectivity index (χ0v) is 8.17. The fourth-order valence-electron chi connectivity index (χ4n) is 0.909. The van der Waals surface area contributed by atoms with Crippen LogP contribution in [0.3, 0.4) is 0 Å². The Morgan fingerprint density at radius 2 is 2.31 bits per heavy atom. The molecule has 68 valence electrons. The second-order valence-corrected chi connectivity index (χ2v) is 3.60. The van der Waals surface area contributed by atoms with E-state index in [0.29, 0.717) is 11.7 Å². The molecule has 0 aliphatic heterocycles. The molecule has 6 heteroatoms. The van der Waals surface area contributed by atoms with Gasteiger partial charge in [-0.1, -0.05) is 18.3 Å². The summed E-state index contributed by atoms with van der Waals surface area (Å²) in [5.41, 5.74) is 0.730. The van der Waals surface area contributed by atoms with E-state index in [-0.39, 0.29) is 0 Å². The Kier molecular flexibility index (Phi) is 2.05. The van der Waals surface area contributed by atoms with Crippen molar-refractivity contribution in [1.29, 1.82) is 0 Å². The predicted molar refractivity (Wildman–Crippen MR) is 49.4 cm³/mol. The van der Waals surface area contributed by atoms with Gasteiger partial charge in [-0.15, -0.1) is 5.10 Å². The molecule has 0 aliphatic rings. The van der Waals surface area contributed by atoms with Crippen LogP contribution in [-0.2, 0) is 0 Å². The Bertz CT molecular complexity index is 377. The minimum absolute atomic E-state index is 0.354. The Hall–Kier alpha value is -1.30. The maximum absolute atomic E-state index is 4.29. The number of hydrogen-bond acceptors (Lipinski definition) is 5. The van der Waals surface area contributed by atoms with Crippen LogP contribution in [0.4, 0.5) is 0 Å². The topological polar surface area (TPSA) is 67.3 Å². The summed E-state index contributed by atoms with van der Waals surface area (Å²) in [4.78, 5) is 4.29. The molecule has 0 saturated heterocycles. The summed E-state index contributed by atoms with van der Waals surface area (Å²) in [7, 11) is 0. The first-order valence-corrected chi connectivity index (χ1v) is 4.80. The van der Waals surface area contributed by atoms with Gasteiger partial charge in [-0.3, -0.25) is 5.10 Å². The largest absolute Gasteiger partial charge is 0.262 e. The third-order valence-corrected chi connectivity index (χ3v) is 2.14. The first-order chi connectivity index (χ1) is 6.27. The van der Waals surface area contributed by atoms with E-state index in [4.69, 9.17) is 0 Å². The molecule has 2 heterocycles. The van der Waals surface area contributed by atoms with Crippen LogP contribution in [-0.4, -0.2) is 24.8 Å². The Balaban J connectivity index is 2.33. The molecule has 0 aromatic carbocycles. The summed E-state index contributed by atoms with van der Waals surface area (Å²) in [6.07, 6.45) is 0. The van der Waals surface area contributed by atoms with Crippen LogP contribution in [0.5, 0.6) is 0 Å². The number of H-pyrrole nitrogens is 1. The maximum Gasteiger partial charge on any atom is 0.202 e. The minimum atomic E-state index is 0.354. The summed E-state index contributed by atoms with van der Waals surface area (Å²) >= 11 is 1.30. The third kappa shape index (κ3) is 1.57. The molecule has 2 rings (SSSR count). The van der Waals surface area contributed by atoms with Crippen molar-refractivity contribution in [3.63, 3.8) is 0 Å². The monoisotopic (exact) mass is 195 g/mol. The van der Waals surface area contributed by atoms with Gasteiger partial charge < -0.3 is 0 Å². The van der Waals surface area contributed by atoms with Crippen molar-refractivity contribution in [2.24, 2.45) is 0 Å². The summed E-state index contributed by atoms with van der Waals surface area (Å²) in [5, 5.41) is 12.6. The lowest BCUT2D eigenvalue weighted by molar-refractivity contribution is 0.781. The molecular formula is C7H9N5S. The lowest BCUT2D eigenvalue weighted by atomic mass is 10.2. The highest BCUT2D eigenvalue weighted by Gasteiger charge is 2.09. The van der Waals surface area contributed by atoms with E-state index in [1.807, 2.05) is 5.38 Å². The van der Waals surface area contributed by atoms with Crippen LogP contribution in [0.15, 0.2) is 5.38 Å². The number of hydrogen-bond donors (Lipinski definition) is 1. The SMILES string of the molecule is CC(C)c1nc(-c2csnn2)n[nH]1.